The molecule has 0 N–H and O–H groups in total. The highest BCUT2D eigenvalue weighted by molar-refractivity contribution is 7.93. The van der Waals surface area contributed by atoms with Crippen LogP contribution in [-0.2, 0) is 14.6 Å². The van der Waals surface area contributed by atoms with Crippen LogP contribution in [0.5, 0.6) is 0 Å². The van der Waals surface area contributed by atoms with Gasteiger partial charge in [-0.05, 0) is 20.3 Å². The van der Waals surface area contributed by atoms with Crippen molar-refractivity contribution in [2.45, 2.75) is 25.0 Å². The van der Waals surface area contributed by atoms with Crippen molar-refractivity contribution in [2.75, 3.05) is 32.1 Å². The van der Waals surface area contributed by atoms with Gasteiger partial charge in [0.1, 0.15) is 4.75 Å². The summed E-state index contributed by atoms with van der Waals surface area (Å²) in [6, 6.07) is 0. The highest BCUT2D eigenvalue weighted by Crippen LogP contribution is 2.45. The molecule has 2 fully saturated rings. The van der Waals surface area contributed by atoms with Gasteiger partial charge in [-0.1, -0.05) is 0 Å². The lowest BCUT2D eigenvalue weighted by molar-refractivity contribution is 0.0250. The van der Waals surface area contributed by atoms with E-state index >= 15 is 0 Å². The standard InChI is InChI=1S/C14H20N2O5S/c1-3-20-6-11-4-5-22(18,19)14(11)7-16(8-14)13(17)12-10(2)15-9-21-12/h9,11H,3-8H2,1-2H3. The summed E-state index contributed by atoms with van der Waals surface area (Å²) in [6.45, 7) is 5.00. The number of hydrogen-bond donors (Lipinski definition) is 0. The van der Waals surface area contributed by atoms with Crippen molar-refractivity contribution in [2.24, 2.45) is 5.92 Å². The van der Waals surface area contributed by atoms with Crippen LogP contribution in [0.1, 0.15) is 29.6 Å². The molecule has 2 aliphatic heterocycles. The number of carbonyl (C=O) groups excluding carboxylic acids is 1. The Kier molecular flexibility index (Phi) is 3.76. The molecule has 7 nitrogen and oxygen atoms in total. The van der Waals surface area contributed by atoms with Crippen LogP contribution in [0.15, 0.2) is 10.8 Å². The molecule has 2 aliphatic rings. The molecule has 0 bridgehead atoms. The number of likely N-dealkylation sites (tertiary alicyclic amines) is 1. The normalized spacial score (nSPS) is 25.4. The maximum atomic E-state index is 12.4. The minimum absolute atomic E-state index is 0.0441. The number of nitrogens with zero attached hydrogens (tertiary/aromatic N) is 2. The van der Waals surface area contributed by atoms with Crippen LogP contribution >= 0.6 is 0 Å². The van der Waals surface area contributed by atoms with Gasteiger partial charge in [0.2, 0.25) is 5.76 Å². The third-order valence-electron chi connectivity index (χ3n) is 4.77. The van der Waals surface area contributed by atoms with Gasteiger partial charge in [-0.3, -0.25) is 4.79 Å². The number of rotatable bonds is 4. The number of hydrogen-bond acceptors (Lipinski definition) is 6. The van der Waals surface area contributed by atoms with Crippen LogP contribution in [0.2, 0.25) is 0 Å². The second-order valence-corrected chi connectivity index (χ2v) is 8.41. The molecule has 8 heteroatoms. The van der Waals surface area contributed by atoms with Crippen molar-refractivity contribution < 1.29 is 22.4 Å². The molecule has 122 valence electrons. The molecule has 1 aromatic heterocycles. The first-order valence-electron chi connectivity index (χ1n) is 7.40. The first-order chi connectivity index (χ1) is 10.4. The molecule has 1 atom stereocenters. The molecule has 1 spiro atoms. The Bertz CT molecular complexity index is 675. The molecule has 3 rings (SSSR count). The van der Waals surface area contributed by atoms with E-state index in [0.717, 1.165) is 0 Å². The van der Waals surface area contributed by atoms with E-state index in [1.54, 1.807) is 6.92 Å². The number of amides is 1. The minimum atomic E-state index is -3.19. The van der Waals surface area contributed by atoms with E-state index in [4.69, 9.17) is 9.15 Å². The zero-order valence-corrected chi connectivity index (χ0v) is 13.6. The van der Waals surface area contributed by atoms with E-state index in [1.165, 1.54) is 11.3 Å². The van der Waals surface area contributed by atoms with Gasteiger partial charge < -0.3 is 14.1 Å². The summed E-state index contributed by atoms with van der Waals surface area (Å²) in [5.74, 6) is 0.0236. The van der Waals surface area contributed by atoms with Crippen molar-refractivity contribution in [1.82, 2.24) is 9.88 Å². The SMILES string of the molecule is CCOCC1CCS(=O)(=O)C12CN(C(=O)c1ocnc1C)C2. The first kappa shape index (κ1) is 15.5. The molecule has 1 unspecified atom stereocenters. The van der Waals surface area contributed by atoms with E-state index in [-0.39, 0.29) is 36.4 Å². The molecule has 0 aliphatic carbocycles. The number of carbonyl (C=O) groups is 1. The summed E-state index contributed by atoms with van der Waals surface area (Å²) in [5.41, 5.74) is 0.520. The zero-order chi connectivity index (χ0) is 16.0. The summed E-state index contributed by atoms with van der Waals surface area (Å²) in [5, 5.41) is 0. The molecule has 2 saturated heterocycles. The third kappa shape index (κ3) is 2.16. The van der Waals surface area contributed by atoms with Gasteiger partial charge >= 0.3 is 0 Å². The summed E-state index contributed by atoms with van der Waals surface area (Å²) in [7, 11) is -3.19. The van der Waals surface area contributed by atoms with Gasteiger partial charge in [0.25, 0.3) is 5.91 Å². The highest BCUT2D eigenvalue weighted by atomic mass is 32.2. The summed E-state index contributed by atoms with van der Waals surface area (Å²) in [4.78, 5) is 17.8. The van der Waals surface area contributed by atoms with Crippen molar-refractivity contribution in [1.29, 1.82) is 0 Å². The number of ether oxygens (including phenoxy) is 1. The van der Waals surface area contributed by atoms with Crippen molar-refractivity contribution in [3.05, 3.63) is 17.8 Å². The van der Waals surface area contributed by atoms with E-state index < -0.39 is 14.6 Å². The second-order valence-electron chi connectivity index (χ2n) is 5.96. The molecule has 22 heavy (non-hydrogen) atoms. The molecule has 3 heterocycles. The number of oxazole rings is 1. The fraction of sp³-hybridized carbons (Fsp3) is 0.714. The molecule has 0 radical (unpaired) electrons. The maximum absolute atomic E-state index is 12.4. The Hall–Kier alpha value is -1.41. The molecular weight excluding hydrogens is 308 g/mol. The zero-order valence-electron chi connectivity index (χ0n) is 12.7. The lowest BCUT2D eigenvalue weighted by Crippen LogP contribution is -2.68. The van der Waals surface area contributed by atoms with Crippen LogP contribution < -0.4 is 0 Å². The molecule has 1 amide bonds. The number of sulfone groups is 1. The maximum Gasteiger partial charge on any atom is 0.291 e. The van der Waals surface area contributed by atoms with Crippen LogP contribution in [0.4, 0.5) is 0 Å². The Balaban J connectivity index is 1.76. The molecular formula is C14H20N2O5S. The minimum Gasteiger partial charge on any atom is -0.438 e. The molecule has 1 aromatic rings. The van der Waals surface area contributed by atoms with Crippen molar-refractivity contribution in [3.63, 3.8) is 0 Å². The molecule has 0 saturated carbocycles. The predicted octanol–water partition coefficient (Wildman–Crippen LogP) is 0.649. The van der Waals surface area contributed by atoms with Gasteiger partial charge in [-0.15, -0.1) is 0 Å². The van der Waals surface area contributed by atoms with Gasteiger partial charge in [0.15, 0.2) is 16.2 Å². The van der Waals surface area contributed by atoms with Crippen LogP contribution in [0.3, 0.4) is 0 Å². The van der Waals surface area contributed by atoms with Crippen LogP contribution in [0.25, 0.3) is 0 Å². The monoisotopic (exact) mass is 328 g/mol. The van der Waals surface area contributed by atoms with Gasteiger partial charge in [-0.2, -0.15) is 0 Å². The average Bonchev–Trinajstić information content (AvgIpc) is 2.95. The lowest BCUT2D eigenvalue weighted by Gasteiger charge is -2.49. The Morgan fingerprint density at radius 2 is 2.27 bits per heavy atom. The van der Waals surface area contributed by atoms with E-state index in [2.05, 4.69) is 4.98 Å². The second kappa shape index (κ2) is 5.34. The Labute approximate surface area is 129 Å². The van der Waals surface area contributed by atoms with E-state index in [9.17, 15) is 13.2 Å². The fourth-order valence-electron chi connectivity index (χ4n) is 3.36. The quantitative estimate of drug-likeness (QED) is 0.806. The van der Waals surface area contributed by atoms with E-state index in [0.29, 0.717) is 25.3 Å². The Morgan fingerprint density at radius 3 is 2.86 bits per heavy atom. The number of aryl methyl sites for hydroxylation is 1. The van der Waals surface area contributed by atoms with Crippen LogP contribution in [-0.4, -0.2) is 61.0 Å². The van der Waals surface area contributed by atoms with Gasteiger partial charge in [0.05, 0.1) is 18.1 Å². The van der Waals surface area contributed by atoms with E-state index in [1.807, 2.05) is 6.92 Å². The fourth-order valence-corrected chi connectivity index (χ4v) is 5.76. The first-order valence-corrected chi connectivity index (χ1v) is 9.06. The van der Waals surface area contributed by atoms with Crippen molar-refractivity contribution in [3.8, 4) is 0 Å². The molecule has 0 aromatic carbocycles. The van der Waals surface area contributed by atoms with Gasteiger partial charge in [-0.25, -0.2) is 13.4 Å². The summed E-state index contributed by atoms with van der Waals surface area (Å²) >= 11 is 0. The topological polar surface area (TPSA) is 89.7 Å². The van der Waals surface area contributed by atoms with Gasteiger partial charge in [0, 0.05) is 25.6 Å². The van der Waals surface area contributed by atoms with Crippen molar-refractivity contribution >= 4 is 15.7 Å². The van der Waals surface area contributed by atoms with Crippen LogP contribution in [0, 0.1) is 12.8 Å². The summed E-state index contributed by atoms with van der Waals surface area (Å²) < 4.78 is 34.6. The largest absolute Gasteiger partial charge is 0.438 e. The summed E-state index contributed by atoms with van der Waals surface area (Å²) in [6.07, 6.45) is 1.83. The lowest BCUT2D eigenvalue weighted by atomic mass is 9.83. The third-order valence-corrected chi connectivity index (χ3v) is 7.37. The number of aromatic nitrogens is 1. The average molecular weight is 328 g/mol. The highest BCUT2D eigenvalue weighted by Gasteiger charge is 2.62. The Morgan fingerprint density at radius 1 is 1.55 bits per heavy atom. The smallest absolute Gasteiger partial charge is 0.291 e. The predicted molar refractivity (Wildman–Crippen MR) is 78.3 cm³/mol.